The molecule has 1 heterocycles. The van der Waals surface area contributed by atoms with E-state index in [1.807, 2.05) is 0 Å². The Hall–Kier alpha value is -0.660. The normalized spacial score (nSPS) is 17.3. The molecule has 1 aliphatic heterocycles. The second-order valence-electron chi connectivity index (χ2n) is 4.37. The number of nitrogens with one attached hydrogen (secondary N) is 2. The van der Waals surface area contributed by atoms with Crippen LogP contribution in [0.5, 0.6) is 0 Å². The zero-order chi connectivity index (χ0) is 13.4. The molecule has 7 heteroatoms. The monoisotopic (exact) mass is 291 g/mol. The van der Waals surface area contributed by atoms with Crippen LogP contribution in [0.2, 0.25) is 0 Å². The van der Waals surface area contributed by atoms with Crippen molar-refractivity contribution in [1.82, 2.24) is 10.6 Å². The van der Waals surface area contributed by atoms with Gasteiger partial charge in [-0.15, -0.1) is 0 Å². The maximum absolute atomic E-state index is 11.2. The molecule has 18 heavy (non-hydrogen) atoms. The highest BCUT2D eigenvalue weighted by molar-refractivity contribution is 7.92. The first kappa shape index (κ1) is 15.4. The lowest BCUT2D eigenvalue weighted by atomic mass is 10.2. The summed E-state index contributed by atoms with van der Waals surface area (Å²) < 4.78 is 22.4. The average Bonchev–Trinajstić information content (AvgIpc) is 2.63. The largest absolute Gasteiger partial charge is 0.362 e. The molecule has 1 aliphatic rings. The number of hydrogen-bond donors (Lipinski definition) is 3. The van der Waals surface area contributed by atoms with Crippen LogP contribution in [0.25, 0.3) is 0 Å². The topological polar surface area (TPSA) is 84.2 Å². The van der Waals surface area contributed by atoms with Gasteiger partial charge in [-0.25, -0.2) is 8.42 Å². The number of thiocarbonyl (C=S) groups is 1. The molecule has 4 N–H and O–H groups in total. The number of sulfone groups is 1. The highest BCUT2D eigenvalue weighted by atomic mass is 32.2. The molecule has 0 bridgehead atoms. The Labute approximate surface area is 114 Å². The van der Waals surface area contributed by atoms with Crippen LogP contribution in [0, 0.1) is 0 Å². The van der Waals surface area contributed by atoms with E-state index in [9.17, 15) is 8.42 Å². The molecule has 1 rings (SSSR count). The van der Waals surface area contributed by atoms with Gasteiger partial charge in [0.05, 0.1) is 11.5 Å². The minimum absolute atomic E-state index is 0.0608. The van der Waals surface area contributed by atoms with Crippen molar-refractivity contribution in [2.45, 2.75) is 25.7 Å². The molecule has 0 radical (unpaired) electrons. The molecular weight excluding hydrogens is 270 g/mol. The molecule has 0 atom stereocenters. The van der Waals surface area contributed by atoms with E-state index in [1.165, 1.54) is 0 Å². The lowest BCUT2D eigenvalue weighted by Gasteiger charge is -2.10. The van der Waals surface area contributed by atoms with Crippen molar-refractivity contribution in [2.24, 2.45) is 5.73 Å². The fourth-order valence-corrected chi connectivity index (χ4v) is 3.15. The Kier molecular flexibility index (Phi) is 6.59. The van der Waals surface area contributed by atoms with E-state index in [2.05, 4.69) is 10.6 Å². The second-order valence-corrected chi connectivity index (χ2v) is 6.89. The molecule has 0 spiro atoms. The molecule has 0 aliphatic carbocycles. The fourth-order valence-electron chi connectivity index (χ4n) is 1.68. The van der Waals surface area contributed by atoms with Crippen molar-refractivity contribution >= 4 is 27.2 Å². The van der Waals surface area contributed by atoms with E-state index >= 15 is 0 Å². The van der Waals surface area contributed by atoms with Crippen LogP contribution in [0.1, 0.15) is 25.7 Å². The smallest absolute Gasteiger partial charge is 0.170 e. The third kappa shape index (κ3) is 6.32. The van der Waals surface area contributed by atoms with Gasteiger partial charge < -0.3 is 16.4 Å². The lowest BCUT2D eigenvalue weighted by molar-refractivity contribution is 0.602. The summed E-state index contributed by atoms with van der Waals surface area (Å²) in [5.74, 6) is 0.169. The number of nitrogens with two attached hydrogens (primary N) is 1. The summed E-state index contributed by atoms with van der Waals surface area (Å²) in [6.07, 6.45) is 6.04. The summed E-state index contributed by atoms with van der Waals surface area (Å²) in [6, 6.07) is 0. The molecule has 0 aromatic rings. The summed E-state index contributed by atoms with van der Waals surface area (Å²) >= 11 is 5.09. The Bertz CT molecular complexity index is 405. The first-order valence-corrected chi connectivity index (χ1v) is 8.41. The first-order chi connectivity index (χ1) is 8.53. The van der Waals surface area contributed by atoms with E-state index < -0.39 is 9.84 Å². The van der Waals surface area contributed by atoms with Crippen molar-refractivity contribution in [3.05, 3.63) is 11.8 Å². The predicted molar refractivity (Wildman–Crippen MR) is 78.0 cm³/mol. The van der Waals surface area contributed by atoms with Crippen LogP contribution in [-0.4, -0.2) is 38.1 Å². The maximum Gasteiger partial charge on any atom is 0.170 e. The second kappa shape index (κ2) is 7.70. The van der Waals surface area contributed by atoms with E-state index in [0.29, 0.717) is 10.8 Å². The minimum atomic E-state index is -2.93. The summed E-state index contributed by atoms with van der Waals surface area (Å²) in [7, 11) is -2.93. The summed E-state index contributed by atoms with van der Waals surface area (Å²) in [4.78, 5) is 0. The predicted octanol–water partition coefficient (Wildman–Crippen LogP) is 0.282. The van der Waals surface area contributed by atoms with Gasteiger partial charge in [-0.05, 0) is 37.7 Å². The van der Waals surface area contributed by atoms with Crippen molar-refractivity contribution in [3.63, 3.8) is 0 Å². The van der Waals surface area contributed by atoms with Gasteiger partial charge in [0.1, 0.15) is 0 Å². The van der Waals surface area contributed by atoms with Crippen LogP contribution in [0.15, 0.2) is 11.8 Å². The highest BCUT2D eigenvalue weighted by Gasteiger charge is 2.19. The van der Waals surface area contributed by atoms with Gasteiger partial charge in [-0.1, -0.05) is 12.8 Å². The van der Waals surface area contributed by atoms with Gasteiger partial charge in [0.2, 0.25) is 0 Å². The number of hydrogen-bond acceptors (Lipinski definition) is 4. The van der Waals surface area contributed by atoms with Crippen molar-refractivity contribution in [2.75, 3.05) is 24.6 Å². The number of unbranched alkanes of at least 4 members (excludes halogenated alkanes) is 3. The average molecular weight is 291 g/mol. The molecule has 5 nitrogen and oxygen atoms in total. The molecule has 104 valence electrons. The zero-order valence-corrected chi connectivity index (χ0v) is 12.1. The van der Waals surface area contributed by atoms with Gasteiger partial charge in [0.25, 0.3) is 0 Å². The molecule has 0 saturated heterocycles. The van der Waals surface area contributed by atoms with Gasteiger partial charge >= 0.3 is 0 Å². The van der Waals surface area contributed by atoms with Crippen LogP contribution < -0.4 is 16.4 Å². The third-order valence-electron chi connectivity index (χ3n) is 2.65. The molecule has 0 aromatic carbocycles. The maximum atomic E-state index is 11.2. The van der Waals surface area contributed by atoms with Crippen molar-refractivity contribution < 1.29 is 8.42 Å². The highest BCUT2D eigenvalue weighted by Crippen LogP contribution is 2.08. The molecule has 0 saturated carbocycles. The van der Waals surface area contributed by atoms with Gasteiger partial charge in [0, 0.05) is 12.2 Å². The molecule has 0 fully saturated rings. The van der Waals surface area contributed by atoms with Crippen LogP contribution in [-0.2, 0) is 9.84 Å². The summed E-state index contributed by atoms with van der Waals surface area (Å²) in [6.45, 7) is 1.55. The van der Waals surface area contributed by atoms with Crippen LogP contribution >= 0.6 is 12.2 Å². The summed E-state index contributed by atoms with van der Waals surface area (Å²) in [5, 5.41) is 6.48. The fraction of sp³-hybridized carbons (Fsp3) is 0.727. The standard InChI is InChI=1S/C11H21N3O2S2/c12-6-3-1-2-4-7-13-11(17)14-10-5-8-18(15,16)9-10/h5H,1-4,6-9,12H2,(H2,13,14,17). The van der Waals surface area contributed by atoms with Crippen LogP contribution in [0.3, 0.4) is 0 Å². The lowest BCUT2D eigenvalue weighted by Crippen LogP contribution is -2.35. The van der Waals surface area contributed by atoms with E-state index in [0.717, 1.165) is 38.8 Å². The Morgan fingerprint density at radius 1 is 1.33 bits per heavy atom. The Morgan fingerprint density at radius 2 is 2.06 bits per heavy atom. The SMILES string of the molecule is NCCCCCCNC(=S)NC1=CCS(=O)(=O)C1. The number of rotatable bonds is 7. The Morgan fingerprint density at radius 3 is 2.67 bits per heavy atom. The molecular formula is C11H21N3O2S2. The van der Waals surface area contributed by atoms with Gasteiger partial charge in [-0.2, -0.15) is 0 Å². The quantitative estimate of drug-likeness (QED) is 0.462. The summed E-state index contributed by atoms with van der Waals surface area (Å²) in [5.41, 5.74) is 6.08. The minimum Gasteiger partial charge on any atom is -0.362 e. The van der Waals surface area contributed by atoms with Gasteiger partial charge in [0.15, 0.2) is 14.9 Å². The van der Waals surface area contributed by atoms with E-state index in [4.69, 9.17) is 18.0 Å². The first-order valence-electron chi connectivity index (χ1n) is 6.18. The molecule has 0 unspecified atom stereocenters. The Balaban J connectivity index is 2.08. The van der Waals surface area contributed by atoms with Crippen molar-refractivity contribution in [1.29, 1.82) is 0 Å². The van der Waals surface area contributed by atoms with E-state index in [1.54, 1.807) is 6.08 Å². The van der Waals surface area contributed by atoms with Crippen molar-refractivity contribution in [3.8, 4) is 0 Å². The van der Waals surface area contributed by atoms with Gasteiger partial charge in [-0.3, -0.25) is 0 Å². The van der Waals surface area contributed by atoms with Crippen LogP contribution in [0.4, 0.5) is 0 Å². The molecule has 0 aromatic heterocycles. The van der Waals surface area contributed by atoms with E-state index in [-0.39, 0.29) is 11.5 Å². The third-order valence-corrected chi connectivity index (χ3v) is 4.32. The zero-order valence-electron chi connectivity index (χ0n) is 10.4. The molecule has 0 amide bonds.